The molecule has 0 saturated carbocycles. The van der Waals surface area contributed by atoms with Gasteiger partial charge in [0.1, 0.15) is 0 Å². The van der Waals surface area contributed by atoms with Crippen LogP contribution in [-0.4, -0.2) is 26.4 Å². The van der Waals surface area contributed by atoms with Crippen LogP contribution in [-0.2, 0) is 0 Å². The van der Waals surface area contributed by atoms with Gasteiger partial charge in [0, 0.05) is 22.3 Å². The molecule has 1 aliphatic heterocycles. The normalized spacial score (nSPS) is 13.1. The van der Waals surface area contributed by atoms with Crippen molar-refractivity contribution in [2.45, 2.75) is 0 Å². The van der Waals surface area contributed by atoms with Crippen molar-refractivity contribution in [2.24, 2.45) is 0 Å². The predicted molar refractivity (Wildman–Crippen MR) is 88.4 cm³/mol. The number of aromatic nitrogens is 4. The van der Waals surface area contributed by atoms with E-state index in [9.17, 15) is 0 Å². The first-order chi connectivity index (χ1) is 11.3. The number of nitrogens with zero attached hydrogens (tertiary/aromatic N) is 3. The number of hydrogen-bond acceptors (Lipinski definition) is 5. The maximum Gasteiger partial charge on any atom is 0.253 e. The van der Waals surface area contributed by atoms with Crippen LogP contribution in [0.15, 0.2) is 40.9 Å². The van der Waals surface area contributed by atoms with Gasteiger partial charge in [0.2, 0.25) is 12.7 Å². The first kappa shape index (κ1) is 12.8. The second-order valence-corrected chi connectivity index (χ2v) is 6.06. The van der Waals surface area contributed by atoms with Crippen LogP contribution in [0.2, 0.25) is 0 Å². The van der Waals surface area contributed by atoms with Gasteiger partial charge in [0.05, 0.1) is 11.0 Å². The van der Waals surface area contributed by atoms with Crippen LogP contribution < -0.4 is 14.8 Å². The van der Waals surface area contributed by atoms with Gasteiger partial charge in [0.25, 0.3) is 5.78 Å². The molecule has 0 aliphatic carbocycles. The number of aromatic amines is 1. The number of H-pyrrole nitrogens is 1. The molecule has 4 aromatic rings. The summed E-state index contributed by atoms with van der Waals surface area (Å²) in [6.45, 7) is 0.245. The molecule has 7 nitrogen and oxygen atoms in total. The Balaban J connectivity index is 1.58. The van der Waals surface area contributed by atoms with E-state index in [0.717, 1.165) is 26.9 Å². The van der Waals surface area contributed by atoms with Crippen LogP contribution in [0.3, 0.4) is 0 Å². The number of anilines is 2. The number of rotatable bonds is 2. The van der Waals surface area contributed by atoms with E-state index in [1.165, 1.54) is 0 Å². The third-order valence-corrected chi connectivity index (χ3v) is 4.20. The van der Waals surface area contributed by atoms with Crippen LogP contribution in [0.4, 0.5) is 11.6 Å². The molecule has 2 aromatic carbocycles. The molecule has 0 fully saturated rings. The molecular weight excluding hydrogens is 362 g/mol. The predicted octanol–water partition coefficient (Wildman–Crippen LogP) is 3.45. The molecule has 0 bridgehead atoms. The van der Waals surface area contributed by atoms with Crippen molar-refractivity contribution in [3.05, 3.63) is 40.9 Å². The molecule has 5 rings (SSSR count). The third-order valence-electron chi connectivity index (χ3n) is 3.67. The molecule has 1 aliphatic rings. The average Bonchev–Trinajstić information content (AvgIpc) is 3.21. The van der Waals surface area contributed by atoms with E-state index in [2.05, 4.69) is 36.3 Å². The van der Waals surface area contributed by atoms with Gasteiger partial charge in [-0.3, -0.25) is 5.10 Å². The zero-order valence-corrected chi connectivity index (χ0v) is 13.3. The minimum Gasteiger partial charge on any atom is -0.454 e. The standard InChI is InChI=1S/C15H10BrN5O2/c16-8-1-3-9(4-2-8)17-14-19-15-18-10-5-12-13(23-7-22-12)6-11(10)21(15)20-14/h1-6H,7H2,(H2,17,18,19,20). The van der Waals surface area contributed by atoms with Gasteiger partial charge < -0.3 is 14.8 Å². The fraction of sp³-hybridized carbons (Fsp3) is 0.0667. The van der Waals surface area contributed by atoms with E-state index in [0.29, 0.717) is 17.5 Å². The molecule has 114 valence electrons. The Morgan fingerprint density at radius 1 is 1.09 bits per heavy atom. The van der Waals surface area contributed by atoms with Crippen molar-refractivity contribution in [3.8, 4) is 11.5 Å². The van der Waals surface area contributed by atoms with Gasteiger partial charge >= 0.3 is 0 Å². The Hall–Kier alpha value is -2.74. The number of fused-ring (bicyclic) bond motifs is 4. The highest BCUT2D eigenvalue weighted by Crippen LogP contribution is 2.36. The highest BCUT2D eigenvalue weighted by Gasteiger charge is 2.18. The highest BCUT2D eigenvalue weighted by atomic mass is 79.9. The summed E-state index contributed by atoms with van der Waals surface area (Å²) < 4.78 is 13.6. The van der Waals surface area contributed by atoms with Crippen molar-refractivity contribution in [2.75, 3.05) is 12.1 Å². The summed E-state index contributed by atoms with van der Waals surface area (Å²) >= 11 is 3.42. The van der Waals surface area contributed by atoms with Crippen LogP contribution in [0.1, 0.15) is 0 Å². The zero-order valence-electron chi connectivity index (χ0n) is 11.7. The molecule has 0 spiro atoms. The summed E-state index contributed by atoms with van der Waals surface area (Å²) in [5.74, 6) is 2.64. The van der Waals surface area contributed by atoms with Gasteiger partial charge in [-0.25, -0.2) is 9.50 Å². The lowest BCUT2D eigenvalue weighted by atomic mass is 10.3. The van der Waals surface area contributed by atoms with Crippen LogP contribution in [0.5, 0.6) is 11.5 Å². The minimum atomic E-state index is 0.245. The van der Waals surface area contributed by atoms with Gasteiger partial charge in [-0.2, -0.15) is 4.98 Å². The smallest absolute Gasteiger partial charge is 0.253 e. The summed E-state index contributed by atoms with van der Waals surface area (Å²) in [6.07, 6.45) is 0. The molecule has 8 heteroatoms. The lowest BCUT2D eigenvalue weighted by Gasteiger charge is -2.02. The van der Waals surface area contributed by atoms with E-state index in [1.807, 2.05) is 40.9 Å². The van der Waals surface area contributed by atoms with Crippen molar-refractivity contribution in [1.29, 1.82) is 0 Å². The molecule has 2 N–H and O–H groups in total. The van der Waals surface area contributed by atoms with E-state index < -0.39 is 0 Å². The topological polar surface area (TPSA) is 76.5 Å². The number of nitrogens with one attached hydrogen (secondary N) is 2. The Morgan fingerprint density at radius 3 is 2.70 bits per heavy atom. The number of ether oxygens (including phenoxy) is 2. The lowest BCUT2D eigenvalue weighted by molar-refractivity contribution is 0.174. The largest absolute Gasteiger partial charge is 0.454 e. The van der Waals surface area contributed by atoms with Crippen LogP contribution in [0, 0.1) is 0 Å². The van der Waals surface area contributed by atoms with Gasteiger partial charge in [-0.05, 0) is 24.3 Å². The quantitative estimate of drug-likeness (QED) is 0.564. The van der Waals surface area contributed by atoms with Crippen molar-refractivity contribution in [1.82, 2.24) is 19.6 Å². The Kier molecular flexibility index (Phi) is 2.57. The maximum atomic E-state index is 5.42. The Morgan fingerprint density at radius 2 is 1.87 bits per heavy atom. The van der Waals surface area contributed by atoms with Gasteiger partial charge in [-0.1, -0.05) is 15.9 Å². The van der Waals surface area contributed by atoms with E-state index in [4.69, 9.17) is 9.47 Å². The van der Waals surface area contributed by atoms with Crippen molar-refractivity contribution >= 4 is 44.4 Å². The first-order valence-electron chi connectivity index (χ1n) is 6.97. The average molecular weight is 372 g/mol. The summed E-state index contributed by atoms with van der Waals surface area (Å²) in [7, 11) is 0. The van der Waals surface area contributed by atoms with Crippen LogP contribution in [0.25, 0.3) is 16.8 Å². The SMILES string of the molecule is Brc1ccc(Nc2nc3nc4cc5c(cc4n3[nH]2)OCO5)cc1. The number of benzene rings is 2. The van der Waals surface area contributed by atoms with Crippen LogP contribution >= 0.6 is 15.9 Å². The lowest BCUT2D eigenvalue weighted by Crippen LogP contribution is -1.93. The molecule has 3 heterocycles. The van der Waals surface area contributed by atoms with E-state index >= 15 is 0 Å². The molecule has 0 unspecified atom stereocenters. The Labute approximate surface area is 138 Å². The fourth-order valence-corrected chi connectivity index (χ4v) is 2.86. The van der Waals surface area contributed by atoms with E-state index in [1.54, 1.807) is 0 Å². The molecule has 0 saturated heterocycles. The number of halogens is 1. The molecule has 2 aromatic heterocycles. The molecule has 23 heavy (non-hydrogen) atoms. The molecule has 0 radical (unpaired) electrons. The van der Waals surface area contributed by atoms with Crippen molar-refractivity contribution < 1.29 is 9.47 Å². The number of hydrogen-bond donors (Lipinski definition) is 2. The minimum absolute atomic E-state index is 0.245. The third kappa shape index (κ3) is 2.02. The number of imidazole rings is 1. The molecule has 0 atom stereocenters. The molecule has 0 amide bonds. The van der Waals surface area contributed by atoms with Gasteiger partial charge in [0.15, 0.2) is 11.5 Å². The maximum absolute atomic E-state index is 5.42. The summed E-state index contributed by atoms with van der Waals surface area (Å²) in [4.78, 5) is 8.97. The summed E-state index contributed by atoms with van der Waals surface area (Å²) in [6, 6.07) is 11.6. The summed E-state index contributed by atoms with van der Waals surface area (Å²) in [5.41, 5.74) is 2.64. The first-order valence-corrected chi connectivity index (χ1v) is 7.76. The van der Waals surface area contributed by atoms with Crippen molar-refractivity contribution in [3.63, 3.8) is 0 Å². The highest BCUT2D eigenvalue weighted by molar-refractivity contribution is 9.10. The summed E-state index contributed by atoms with van der Waals surface area (Å²) in [5, 5.41) is 6.42. The molecular formula is C15H10BrN5O2. The van der Waals surface area contributed by atoms with E-state index in [-0.39, 0.29) is 6.79 Å². The fourth-order valence-electron chi connectivity index (χ4n) is 2.60. The second kappa shape index (κ2) is 4.63. The monoisotopic (exact) mass is 371 g/mol. The van der Waals surface area contributed by atoms with Gasteiger partial charge in [-0.15, -0.1) is 0 Å². The Bertz CT molecular complexity index is 1040. The zero-order chi connectivity index (χ0) is 15.4. The second-order valence-electron chi connectivity index (χ2n) is 5.15.